The Labute approximate surface area is 168 Å². The lowest BCUT2D eigenvalue weighted by molar-refractivity contribution is 0.102. The number of hydrogen-bond donors (Lipinski definition) is 1. The van der Waals surface area contributed by atoms with E-state index in [0.717, 1.165) is 5.56 Å². The zero-order chi connectivity index (χ0) is 20.5. The molecular formula is C20H18FN3O4S. The molecule has 29 heavy (non-hydrogen) atoms. The van der Waals surface area contributed by atoms with Gasteiger partial charge in [0.05, 0.1) is 37.1 Å². The maximum atomic E-state index is 13.3. The molecule has 2 aromatic carbocycles. The first-order valence-electron chi connectivity index (χ1n) is 8.75. The van der Waals surface area contributed by atoms with Crippen LogP contribution in [-0.2, 0) is 22.3 Å². The normalized spacial score (nSPS) is 15.1. The van der Waals surface area contributed by atoms with Crippen LogP contribution < -0.4 is 14.8 Å². The second kappa shape index (κ2) is 7.67. The summed E-state index contributed by atoms with van der Waals surface area (Å²) in [5.74, 6) is 1.24. The Bertz CT molecular complexity index is 1110. The van der Waals surface area contributed by atoms with Crippen molar-refractivity contribution in [3.05, 3.63) is 65.1 Å². The van der Waals surface area contributed by atoms with Gasteiger partial charge in [-0.25, -0.2) is 9.07 Å². The molecule has 0 fully saturated rings. The smallest absolute Gasteiger partial charge is 0.256 e. The van der Waals surface area contributed by atoms with Gasteiger partial charge in [-0.15, -0.1) is 0 Å². The van der Waals surface area contributed by atoms with Crippen LogP contribution in [0.25, 0.3) is 5.69 Å². The lowest BCUT2D eigenvalue weighted by atomic mass is 10.2. The van der Waals surface area contributed by atoms with Crippen molar-refractivity contribution in [2.45, 2.75) is 11.5 Å². The van der Waals surface area contributed by atoms with Gasteiger partial charge in [0.15, 0.2) is 11.5 Å². The molecule has 0 saturated carbocycles. The van der Waals surface area contributed by atoms with E-state index < -0.39 is 10.8 Å². The van der Waals surface area contributed by atoms with Gasteiger partial charge in [0, 0.05) is 21.9 Å². The van der Waals surface area contributed by atoms with E-state index in [9.17, 15) is 13.4 Å². The number of amides is 1. The summed E-state index contributed by atoms with van der Waals surface area (Å²) in [6, 6.07) is 10.6. The van der Waals surface area contributed by atoms with E-state index in [4.69, 9.17) is 9.47 Å². The Morgan fingerprint density at radius 1 is 1.10 bits per heavy atom. The number of ether oxygens (including phenoxy) is 2. The summed E-state index contributed by atoms with van der Waals surface area (Å²) in [7, 11) is 1.95. The molecule has 1 amide bonds. The number of hydrogen-bond acceptors (Lipinski definition) is 5. The minimum atomic E-state index is -1.06. The van der Waals surface area contributed by atoms with Crippen LogP contribution in [0.15, 0.2) is 42.5 Å². The van der Waals surface area contributed by atoms with E-state index >= 15 is 0 Å². The van der Waals surface area contributed by atoms with E-state index in [1.807, 2.05) is 0 Å². The third-order valence-corrected chi connectivity index (χ3v) is 5.82. The average molecular weight is 415 g/mol. The van der Waals surface area contributed by atoms with Gasteiger partial charge >= 0.3 is 0 Å². The molecule has 150 valence electrons. The van der Waals surface area contributed by atoms with Gasteiger partial charge in [0.25, 0.3) is 5.91 Å². The summed E-state index contributed by atoms with van der Waals surface area (Å²) in [4.78, 5) is 12.9. The minimum Gasteiger partial charge on any atom is -0.493 e. The van der Waals surface area contributed by atoms with Crippen LogP contribution in [0.4, 0.5) is 10.2 Å². The highest BCUT2D eigenvalue weighted by molar-refractivity contribution is 7.83. The SMILES string of the molecule is COc1ccc(C(=O)Nc2c3c(nn2-c2ccc(F)cc2)C[S@@](=O)C3)cc1OC. The summed E-state index contributed by atoms with van der Waals surface area (Å²) in [6.45, 7) is 0. The number of halogens is 1. The summed E-state index contributed by atoms with van der Waals surface area (Å²) in [5, 5.41) is 7.36. The highest BCUT2D eigenvalue weighted by atomic mass is 32.2. The van der Waals surface area contributed by atoms with Crippen LogP contribution in [0.1, 0.15) is 21.6 Å². The van der Waals surface area contributed by atoms with Crippen molar-refractivity contribution in [2.75, 3.05) is 19.5 Å². The molecule has 2 heterocycles. The van der Waals surface area contributed by atoms with Crippen LogP contribution in [-0.4, -0.2) is 34.1 Å². The first-order chi connectivity index (χ1) is 14.0. The zero-order valence-electron chi connectivity index (χ0n) is 15.8. The Balaban J connectivity index is 1.72. The van der Waals surface area contributed by atoms with Crippen molar-refractivity contribution < 1.29 is 22.9 Å². The Hall–Kier alpha value is -3.20. The highest BCUT2D eigenvalue weighted by Crippen LogP contribution is 2.32. The minimum absolute atomic E-state index is 0.304. The Kier molecular flexibility index (Phi) is 5.06. The second-order valence-corrected chi connectivity index (χ2v) is 7.87. The van der Waals surface area contributed by atoms with Gasteiger partial charge in [-0.3, -0.25) is 9.00 Å². The average Bonchev–Trinajstić information content (AvgIpc) is 3.24. The van der Waals surface area contributed by atoms with Gasteiger partial charge in [-0.2, -0.15) is 5.10 Å². The number of carbonyl (C=O) groups excluding carboxylic acids is 1. The van der Waals surface area contributed by atoms with Gasteiger partial charge in [0.1, 0.15) is 11.6 Å². The van der Waals surface area contributed by atoms with Gasteiger partial charge < -0.3 is 14.8 Å². The highest BCUT2D eigenvalue weighted by Gasteiger charge is 2.28. The zero-order valence-corrected chi connectivity index (χ0v) is 16.6. The van der Waals surface area contributed by atoms with Gasteiger partial charge in [-0.05, 0) is 42.5 Å². The molecule has 0 aliphatic carbocycles. The fourth-order valence-corrected chi connectivity index (χ4v) is 4.45. The molecule has 4 rings (SSSR count). The lowest BCUT2D eigenvalue weighted by Gasteiger charge is -2.12. The quantitative estimate of drug-likeness (QED) is 0.693. The number of rotatable bonds is 5. The fraction of sp³-hybridized carbons (Fsp3) is 0.200. The van der Waals surface area contributed by atoms with E-state index in [2.05, 4.69) is 10.4 Å². The third-order valence-electron chi connectivity index (χ3n) is 4.62. The largest absolute Gasteiger partial charge is 0.493 e. The van der Waals surface area contributed by atoms with Crippen LogP contribution in [0.5, 0.6) is 11.5 Å². The standard InChI is InChI=1S/C20H18FN3O4S/c1-27-17-8-3-12(9-18(17)28-2)20(25)22-19-15-10-29(26)11-16(15)23-24(19)14-6-4-13(21)5-7-14/h3-9H,10-11H2,1-2H3,(H,22,25)/t29-/m0/s1. The van der Waals surface area contributed by atoms with E-state index in [1.54, 1.807) is 35.0 Å². The first kappa shape index (κ1) is 19.1. The van der Waals surface area contributed by atoms with Gasteiger partial charge in [-0.1, -0.05) is 0 Å². The molecule has 0 spiro atoms. The number of aromatic nitrogens is 2. The molecule has 0 saturated heterocycles. The van der Waals surface area contributed by atoms with Crippen molar-refractivity contribution in [3.63, 3.8) is 0 Å². The molecule has 0 unspecified atom stereocenters. The number of nitrogens with zero attached hydrogens (tertiary/aromatic N) is 2. The van der Waals surface area contributed by atoms with Crippen molar-refractivity contribution >= 4 is 22.5 Å². The molecule has 0 radical (unpaired) electrons. The number of nitrogens with one attached hydrogen (secondary N) is 1. The fourth-order valence-electron chi connectivity index (χ4n) is 3.18. The van der Waals surface area contributed by atoms with Crippen molar-refractivity contribution in [1.29, 1.82) is 0 Å². The maximum Gasteiger partial charge on any atom is 0.256 e. The predicted octanol–water partition coefficient (Wildman–Crippen LogP) is 3.04. The number of benzene rings is 2. The molecule has 1 atom stereocenters. The third kappa shape index (κ3) is 3.61. The maximum absolute atomic E-state index is 13.3. The second-order valence-electron chi connectivity index (χ2n) is 6.41. The molecular weight excluding hydrogens is 397 g/mol. The number of carbonyl (C=O) groups is 1. The van der Waals surface area contributed by atoms with E-state index in [1.165, 1.54) is 26.4 Å². The molecule has 1 aromatic heterocycles. The van der Waals surface area contributed by atoms with Crippen LogP contribution in [0.2, 0.25) is 0 Å². The molecule has 1 aliphatic heterocycles. The van der Waals surface area contributed by atoms with Crippen molar-refractivity contribution in [1.82, 2.24) is 9.78 Å². The topological polar surface area (TPSA) is 82.5 Å². The number of methoxy groups -OCH3 is 2. The Morgan fingerprint density at radius 2 is 1.83 bits per heavy atom. The predicted molar refractivity (Wildman–Crippen MR) is 107 cm³/mol. The summed E-state index contributed by atoms with van der Waals surface area (Å²) < 4.78 is 37.3. The van der Waals surface area contributed by atoms with Crippen LogP contribution in [0.3, 0.4) is 0 Å². The number of anilines is 1. The van der Waals surface area contributed by atoms with Gasteiger partial charge in [0.2, 0.25) is 0 Å². The van der Waals surface area contributed by atoms with E-state index in [-0.39, 0.29) is 11.7 Å². The monoisotopic (exact) mass is 415 g/mol. The molecule has 9 heteroatoms. The van der Waals surface area contributed by atoms with Crippen LogP contribution in [0, 0.1) is 5.82 Å². The van der Waals surface area contributed by atoms with E-state index in [0.29, 0.717) is 45.8 Å². The van der Waals surface area contributed by atoms with Crippen molar-refractivity contribution in [3.8, 4) is 17.2 Å². The number of fused-ring (bicyclic) bond motifs is 1. The lowest BCUT2D eigenvalue weighted by Crippen LogP contribution is -2.16. The molecule has 1 aliphatic rings. The molecule has 7 nitrogen and oxygen atoms in total. The summed E-state index contributed by atoms with van der Waals surface area (Å²) >= 11 is 0. The molecule has 3 aromatic rings. The summed E-state index contributed by atoms with van der Waals surface area (Å²) in [5.41, 5.74) is 2.34. The first-order valence-corrected chi connectivity index (χ1v) is 10.2. The Morgan fingerprint density at radius 3 is 2.52 bits per heavy atom. The molecule has 0 bridgehead atoms. The summed E-state index contributed by atoms with van der Waals surface area (Å²) in [6.07, 6.45) is 0. The molecule has 1 N–H and O–H groups in total. The van der Waals surface area contributed by atoms with Crippen LogP contribution >= 0.6 is 0 Å². The van der Waals surface area contributed by atoms with Crippen molar-refractivity contribution in [2.24, 2.45) is 0 Å².